The Hall–Kier alpha value is 0.650. The summed E-state index contributed by atoms with van der Waals surface area (Å²) in [6.45, 7) is 4.67. The molecule has 0 bridgehead atoms. The van der Waals surface area contributed by atoms with Crippen molar-refractivity contribution in [2.24, 2.45) is 11.8 Å². The van der Waals surface area contributed by atoms with Crippen molar-refractivity contribution >= 4 is 22.6 Å². The van der Waals surface area contributed by atoms with Crippen LogP contribution in [0.5, 0.6) is 0 Å². The van der Waals surface area contributed by atoms with Gasteiger partial charge < -0.3 is 9.64 Å². The highest BCUT2D eigenvalue weighted by Gasteiger charge is 2.53. The van der Waals surface area contributed by atoms with Crippen LogP contribution in [0.4, 0.5) is 0 Å². The molecular weight excluding hydrogens is 253 g/mol. The second-order valence-corrected chi connectivity index (χ2v) is 4.96. The molecule has 2 rings (SSSR count). The third kappa shape index (κ3) is 1.55. The van der Waals surface area contributed by atoms with Crippen LogP contribution in [0.25, 0.3) is 0 Å². The molecule has 3 atom stereocenters. The van der Waals surface area contributed by atoms with E-state index in [4.69, 9.17) is 4.74 Å². The van der Waals surface area contributed by atoms with Gasteiger partial charge in [0.1, 0.15) is 0 Å². The van der Waals surface area contributed by atoms with E-state index in [1.807, 2.05) is 0 Å². The number of hydrogen-bond acceptors (Lipinski definition) is 2. The number of fused-ring (bicyclic) bond motifs is 1. The number of likely N-dealkylation sites (tertiary alicyclic amines) is 1. The molecule has 0 aromatic rings. The largest absolute Gasteiger partial charge is 0.383 e. The Morgan fingerprint density at radius 3 is 2.64 bits per heavy atom. The molecule has 1 saturated heterocycles. The Bertz CT molecular complexity index is 141. The fraction of sp³-hybridized carbons (Fsp3) is 1.00. The van der Waals surface area contributed by atoms with E-state index >= 15 is 0 Å². The minimum Gasteiger partial charge on any atom is -0.383 e. The molecule has 0 aromatic heterocycles. The van der Waals surface area contributed by atoms with Gasteiger partial charge in [-0.2, -0.15) is 0 Å². The highest BCUT2D eigenvalue weighted by atomic mass is 127. The van der Waals surface area contributed by atoms with E-state index in [1.54, 1.807) is 7.11 Å². The summed E-state index contributed by atoms with van der Waals surface area (Å²) in [6, 6.07) is 0. The first-order chi connectivity index (χ1) is 5.33. The summed E-state index contributed by atoms with van der Waals surface area (Å²) < 4.78 is 6.03. The standard InChI is InChI=1S/C8H14INO/c1-11-3-2-10-4-6-7(5-10)8(6)9/h6-8H,2-5H2,1H3/t6-,7+,8?. The number of ether oxygens (including phenoxy) is 1. The van der Waals surface area contributed by atoms with Gasteiger partial charge in [-0.1, -0.05) is 22.6 Å². The molecule has 64 valence electrons. The number of hydrogen-bond donors (Lipinski definition) is 0. The van der Waals surface area contributed by atoms with Gasteiger partial charge in [-0.15, -0.1) is 0 Å². The molecule has 0 amide bonds. The van der Waals surface area contributed by atoms with Gasteiger partial charge in [-0.3, -0.25) is 0 Å². The third-order valence-corrected chi connectivity index (χ3v) is 4.62. The van der Waals surface area contributed by atoms with Gasteiger partial charge in [-0.05, 0) is 11.8 Å². The summed E-state index contributed by atoms with van der Waals surface area (Å²) in [4.78, 5) is 2.52. The molecule has 0 spiro atoms. The molecule has 3 heteroatoms. The molecule has 2 nitrogen and oxygen atoms in total. The van der Waals surface area contributed by atoms with E-state index in [1.165, 1.54) is 13.1 Å². The number of halogens is 1. The van der Waals surface area contributed by atoms with Crippen molar-refractivity contribution in [1.82, 2.24) is 4.90 Å². The molecular formula is C8H14INO. The maximum Gasteiger partial charge on any atom is 0.0589 e. The Morgan fingerprint density at radius 2 is 2.09 bits per heavy atom. The van der Waals surface area contributed by atoms with Gasteiger partial charge in [-0.25, -0.2) is 0 Å². The SMILES string of the molecule is COCCN1C[C@@H]2C(I)[C@@H]2C1. The zero-order chi connectivity index (χ0) is 7.84. The number of rotatable bonds is 3. The van der Waals surface area contributed by atoms with Crippen LogP contribution in [-0.2, 0) is 4.74 Å². The molecule has 0 N–H and O–H groups in total. The predicted octanol–water partition coefficient (Wildman–Crippen LogP) is 0.998. The lowest BCUT2D eigenvalue weighted by Gasteiger charge is -2.16. The Labute approximate surface area is 81.4 Å². The Morgan fingerprint density at radius 1 is 1.45 bits per heavy atom. The van der Waals surface area contributed by atoms with Gasteiger partial charge in [0.25, 0.3) is 0 Å². The topological polar surface area (TPSA) is 12.5 Å². The maximum atomic E-state index is 5.04. The minimum atomic E-state index is 0.894. The average Bonchev–Trinajstić information content (AvgIpc) is 2.54. The zero-order valence-corrected chi connectivity index (χ0v) is 8.95. The molecule has 11 heavy (non-hydrogen) atoms. The first kappa shape index (κ1) is 8.26. The highest BCUT2D eigenvalue weighted by molar-refractivity contribution is 14.1. The molecule has 2 fully saturated rings. The fourth-order valence-corrected chi connectivity index (χ4v) is 3.23. The molecule has 1 aliphatic carbocycles. The van der Waals surface area contributed by atoms with Crippen molar-refractivity contribution in [3.63, 3.8) is 0 Å². The fourth-order valence-electron chi connectivity index (χ4n) is 1.94. The molecule has 1 heterocycles. The van der Waals surface area contributed by atoms with Crippen LogP contribution >= 0.6 is 22.6 Å². The highest BCUT2D eigenvalue weighted by Crippen LogP contribution is 2.50. The molecule has 1 saturated carbocycles. The predicted molar refractivity (Wildman–Crippen MR) is 53.1 cm³/mol. The van der Waals surface area contributed by atoms with E-state index in [0.29, 0.717) is 0 Å². The normalized spacial score (nSPS) is 42.5. The third-order valence-electron chi connectivity index (χ3n) is 2.78. The summed E-state index contributed by atoms with van der Waals surface area (Å²) in [5.74, 6) is 2.04. The lowest BCUT2D eigenvalue weighted by atomic mass is 10.4. The van der Waals surface area contributed by atoms with Crippen LogP contribution in [0.15, 0.2) is 0 Å². The zero-order valence-electron chi connectivity index (χ0n) is 6.79. The summed E-state index contributed by atoms with van der Waals surface area (Å²) >= 11 is 2.58. The van der Waals surface area contributed by atoms with E-state index in [0.717, 1.165) is 28.9 Å². The van der Waals surface area contributed by atoms with Crippen LogP contribution in [0.2, 0.25) is 0 Å². The second kappa shape index (κ2) is 3.18. The lowest BCUT2D eigenvalue weighted by Crippen LogP contribution is -2.28. The summed E-state index contributed by atoms with van der Waals surface area (Å²) in [7, 11) is 1.78. The van der Waals surface area contributed by atoms with Crippen LogP contribution in [0, 0.1) is 11.8 Å². The summed E-state index contributed by atoms with van der Waals surface area (Å²) in [6.07, 6.45) is 0. The molecule has 2 aliphatic rings. The van der Waals surface area contributed by atoms with Crippen LogP contribution in [0.1, 0.15) is 0 Å². The van der Waals surface area contributed by atoms with Gasteiger partial charge in [0.15, 0.2) is 0 Å². The average molecular weight is 267 g/mol. The van der Waals surface area contributed by atoms with Crippen LogP contribution < -0.4 is 0 Å². The molecule has 0 radical (unpaired) electrons. The summed E-state index contributed by atoms with van der Waals surface area (Å²) in [5.41, 5.74) is 0. The monoisotopic (exact) mass is 267 g/mol. The second-order valence-electron chi connectivity index (χ2n) is 3.52. The first-order valence-electron chi connectivity index (χ1n) is 4.18. The van der Waals surface area contributed by atoms with Gasteiger partial charge in [0.05, 0.1) is 6.61 Å². The van der Waals surface area contributed by atoms with Gasteiger partial charge in [0.2, 0.25) is 0 Å². The van der Waals surface area contributed by atoms with Crippen molar-refractivity contribution in [2.75, 3.05) is 33.4 Å². The van der Waals surface area contributed by atoms with E-state index in [9.17, 15) is 0 Å². The van der Waals surface area contributed by atoms with E-state index in [-0.39, 0.29) is 0 Å². The Balaban J connectivity index is 1.69. The van der Waals surface area contributed by atoms with Crippen molar-refractivity contribution in [2.45, 2.75) is 3.92 Å². The van der Waals surface area contributed by atoms with E-state index < -0.39 is 0 Å². The van der Waals surface area contributed by atoms with Gasteiger partial charge >= 0.3 is 0 Å². The number of piperidine rings is 1. The van der Waals surface area contributed by atoms with Gasteiger partial charge in [0, 0.05) is 30.7 Å². The molecule has 0 aromatic carbocycles. The molecule has 1 aliphatic heterocycles. The number of nitrogens with zero attached hydrogens (tertiary/aromatic N) is 1. The number of methoxy groups -OCH3 is 1. The first-order valence-corrected chi connectivity index (χ1v) is 5.43. The van der Waals surface area contributed by atoms with Crippen molar-refractivity contribution in [1.29, 1.82) is 0 Å². The van der Waals surface area contributed by atoms with Crippen LogP contribution in [0.3, 0.4) is 0 Å². The maximum absolute atomic E-state index is 5.04. The smallest absolute Gasteiger partial charge is 0.0589 e. The number of alkyl halides is 1. The van der Waals surface area contributed by atoms with Crippen LogP contribution in [-0.4, -0.2) is 42.2 Å². The molecule has 1 unspecified atom stereocenters. The van der Waals surface area contributed by atoms with Crippen molar-refractivity contribution < 1.29 is 4.74 Å². The summed E-state index contributed by atoms with van der Waals surface area (Å²) in [5, 5.41) is 0. The quantitative estimate of drug-likeness (QED) is 0.558. The minimum absolute atomic E-state index is 0.894. The van der Waals surface area contributed by atoms with Crippen molar-refractivity contribution in [3.05, 3.63) is 0 Å². The van der Waals surface area contributed by atoms with Crippen molar-refractivity contribution in [3.8, 4) is 0 Å². The lowest BCUT2D eigenvalue weighted by molar-refractivity contribution is 0.155. The van der Waals surface area contributed by atoms with E-state index in [2.05, 4.69) is 27.5 Å². The Kier molecular flexibility index (Phi) is 2.39.